The number of carbonyl (C=O) groups excluding carboxylic acids is 1. The number of carbonyl (C=O) groups is 1. The van der Waals surface area contributed by atoms with Crippen molar-refractivity contribution in [2.75, 3.05) is 0 Å². The van der Waals surface area contributed by atoms with E-state index in [0.29, 0.717) is 25.8 Å². The number of benzene rings is 1. The Bertz CT molecular complexity index is 485. The molecule has 1 aliphatic rings. The normalized spacial score (nSPS) is 19.2. The monoisotopic (exact) mass is 305 g/mol. The molecule has 0 fully saturated rings. The third-order valence-electron chi connectivity index (χ3n) is 2.23. The van der Waals surface area contributed by atoms with Crippen LogP contribution in [0.2, 0.25) is 10.0 Å². The third kappa shape index (κ3) is 1.73. The fourth-order valence-electron chi connectivity index (χ4n) is 1.42. The number of hydrogen-bond donors (Lipinski definition) is 0. The first kappa shape index (κ1) is 11.1. The molecule has 15 heavy (non-hydrogen) atoms. The molecule has 78 valence electrons. The van der Waals surface area contributed by atoms with Gasteiger partial charge in [0.2, 0.25) is 0 Å². The molecular formula is C10H6BrCl2NO. The molecule has 0 saturated heterocycles. The fraction of sp³-hybridized carbons (Fsp3) is 0.200. The van der Waals surface area contributed by atoms with Gasteiger partial charge < -0.3 is 0 Å². The fourth-order valence-corrected chi connectivity index (χ4v) is 2.38. The van der Waals surface area contributed by atoms with Crippen LogP contribution in [0.25, 0.3) is 0 Å². The molecule has 0 bridgehead atoms. The van der Waals surface area contributed by atoms with E-state index in [1.807, 2.05) is 0 Å². The average Bonchev–Trinajstić information content (AvgIpc) is 2.18. The molecule has 2 nitrogen and oxygen atoms in total. The van der Waals surface area contributed by atoms with Gasteiger partial charge in [0.05, 0.1) is 31.7 Å². The van der Waals surface area contributed by atoms with Crippen molar-refractivity contribution < 1.29 is 4.79 Å². The number of aliphatic imine (C=N–C) groups is 1. The summed E-state index contributed by atoms with van der Waals surface area (Å²) in [6.07, 6.45) is 1.60. The first-order valence-electron chi connectivity index (χ1n) is 4.28. The molecule has 1 atom stereocenters. The summed E-state index contributed by atoms with van der Waals surface area (Å²) in [6.45, 7) is 1.79. The second-order valence-electron chi connectivity index (χ2n) is 3.31. The molecule has 1 aliphatic heterocycles. The van der Waals surface area contributed by atoms with Crippen LogP contribution in [0.3, 0.4) is 0 Å². The van der Waals surface area contributed by atoms with E-state index >= 15 is 0 Å². The molecule has 0 N–H and O–H groups in total. The highest BCUT2D eigenvalue weighted by molar-refractivity contribution is 9.10. The largest absolute Gasteiger partial charge is 0.293 e. The lowest BCUT2D eigenvalue weighted by atomic mass is 9.96. The number of halogens is 3. The first-order valence-corrected chi connectivity index (χ1v) is 5.83. The lowest BCUT2D eigenvalue weighted by Gasteiger charge is -2.16. The predicted octanol–water partition coefficient (Wildman–Crippen LogP) is 4.29. The van der Waals surface area contributed by atoms with E-state index in [9.17, 15) is 4.79 Å². The Morgan fingerprint density at radius 2 is 2.07 bits per heavy atom. The zero-order valence-corrected chi connectivity index (χ0v) is 10.8. The Morgan fingerprint density at radius 3 is 2.73 bits per heavy atom. The minimum absolute atomic E-state index is 0.0256. The molecule has 0 aliphatic carbocycles. The lowest BCUT2D eigenvalue weighted by molar-refractivity contribution is 0.0962. The molecule has 1 unspecified atom stereocenters. The van der Waals surface area contributed by atoms with Crippen LogP contribution in [-0.2, 0) is 0 Å². The summed E-state index contributed by atoms with van der Waals surface area (Å²) in [5.74, 6) is -0.259. The second-order valence-corrected chi connectivity index (χ2v) is 4.92. The molecule has 1 aromatic rings. The standard InChI is InChI=1S/C10H6BrCl2NO/c1-4-3-14-9-7(10(4)15)5(12)2-6(13)8(9)11/h2-4H,1H3. The molecule has 0 spiro atoms. The van der Waals surface area contributed by atoms with Gasteiger partial charge >= 0.3 is 0 Å². The van der Waals surface area contributed by atoms with Crippen LogP contribution in [0.1, 0.15) is 17.3 Å². The Labute approximate surface area is 105 Å². The molecule has 2 rings (SSSR count). The second kappa shape index (κ2) is 3.89. The third-order valence-corrected chi connectivity index (χ3v) is 3.86. The van der Waals surface area contributed by atoms with E-state index < -0.39 is 0 Å². The number of rotatable bonds is 0. The van der Waals surface area contributed by atoms with Gasteiger partial charge in [0, 0.05) is 6.21 Å². The van der Waals surface area contributed by atoms with Crippen LogP contribution in [0.5, 0.6) is 0 Å². The van der Waals surface area contributed by atoms with Crippen molar-refractivity contribution in [2.45, 2.75) is 6.92 Å². The molecule has 0 aromatic heterocycles. The van der Waals surface area contributed by atoms with Crippen LogP contribution in [0, 0.1) is 5.92 Å². The summed E-state index contributed by atoms with van der Waals surface area (Å²) < 4.78 is 0.611. The van der Waals surface area contributed by atoms with Crippen LogP contribution < -0.4 is 0 Å². The van der Waals surface area contributed by atoms with Gasteiger partial charge in [-0.15, -0.1) is 0 Å². The summed E-state index contributed by atoms with van der Waals surface area (Å²) >= 11 is 15.2. The molecule has 0 amide bonds. The minimum atomic E-state index is -0.233. The highest BCUT2D eigenvalue weighted by Crippen LogP contribution is 2.42. The summed E-state index contributed by atoms with van der Waals surface area (Å²) in [4.78, 5) is 16.0. The van der Waals surface area contributed by atoms with Crippen molar-refractivity contribution in [3.63, 3.8) is 0 Å². The van der Waals surface area contributed by atoms with Gasteiger partial charge in [-0.3, -0.25) is 9.79 Å². The highest BCUT2D eigenvalue weighted by atomic mass is 79.9. The Hall–Kier alpha value is -0.380. The maximum absolute atomic E-state index is 11.9. The molecular weight excluding hydrogens is 301 g/mol. The van der Waals surface area contributed by atoms with Gasteiger partial charge in [0.1, 0.15) is 0 Å². The summed E-state index contributed by atoms with van der Waals surface area (Å²) in [7, 11) is 0. The predicted molar refractivity (Wildman–Crippen MR) is 65.8 cm³/mol. The quantitative estimate of drug-likeness (QED) is 0.657. The molecule has 1 heterocycles. The molecule has 0 radical (unpaired) electrons. The van der Waals surface area contributed by atoms with Crippen LogP contribution in [0.15, 0.2) is 15.5 Å². The zero-order valence-electron chi connectivity index (χ0n) is 7.72. The van der Waals surface area contributed by atoms with Crippen molar-refractivity contribution in [2.24, 2.45) is 10.9 Å². The number of ketones is 1. The molecule has 5 heteroatoms. The van der Waals surface area contributed by atoms with Crippen LogP contribution >= 0.6 is 39.1 Å². The SMILES string of the molecule is CC1C=Nc2c(Br)c(Cl)cc(Cl)c2C1=O. The van der Waals surface area contributed by atoms with Gasteiger partial charge in [-0.05, 0) is 22.0 Å². The van der Waals surface area contributed by atoms with Crippen molar-refractivity contribution >= 4 is 56.8 Å². The number of fused-ring (bicyclic) bond motifs is 1. The summed E-state index contributed by atoms with van der Waals surface area (Å²) in [5.41, 5.74) is 0.971. The Morgan fingerprint density at radius 1 is 1.40 bits per heavy atom. The van der Waals surface area contributed by atoms with Crippen molar-refractivity contribution in [3.8, 4) is 0 Å². The highest BCUT2D eigenvalue weighted by Gasteiger charge is 2.26. The van der Waals surface area contributed by atoms with E-state index in [2.05, 4.69) is 20.9 Å². The summed E-state index contributed by atoms with van der Waals surface area (Å²) in [6, 6.07) is 1.55. The molecule has 0 saturated carbocycles. The van der Waals surface area contributed by atoms with Crippen LogP contribution in [-0.4, -0.2) is 12.0 Å². The van der Waals surface area contributed by atoms with Gasteiger partial charge in [0.15, 0.2) is 5.78 Å². The van der Waals surface area contributed by atoms with E-state index in [-0.39, 0.29) is 11.7 Å². The van der Waals surface area contributed by atoms with E-state index in [4.69, 9.17) is 23.2 Å². The van der Waals surface area contributed by atoms with Crippen molar-refractivity contribution in [1.82, 2.24) is 0 Å². The maximum atomic E-state index is 11.9. The van der Waals surface area contributed by atoms with E-state index in [0.717, 1.165) is 0 Å². The Balaban J connectivity index is 2.77. The van der Waals surface area contributed by atoms with Gasteiger partial charge in [-0.1, -0.05) is 30.1 Å². The lowest BCUT2D eigenvalue weighted by Crippen LogP contribution is -2.17. The van der Waals surface area contributed by atoms with Crippen molar-refractivity contribution in [3.05, 3.63) is 26.1 Å². The van der Waals surface area contributed by atoms with Crippen molar-refractivity contribution in [1.29, 1.82) is 0 Å². The zero-order chi connectivity index (χ0) is 11.2. The Kier molecular flexibility index (Phi) is 2.88. The minimum Gasteiger partial charge on any atom is -0.293 e. The first-order chi connectivity index (χ1) is 7.02. The van der Waals surface area contributed by atoms with Gasteiger partial charge in [-0.2, -0.15) is 0 Å². The van der Waals surface area contributed by atoms with E-state index in [1.54, 1.807) is 19.2 Å². The topological polar surface area (TPSA) is 29.4 Å². The number of nitrogens with zero attached hydrogens (tertiary/aromatic N) is 1. The van der Waals surface area contributed by atoms with Gasteiger partial charge in [-0.25, -0.2) is 0 Å². The number of Topliss-reactive ketones (excluding diaryl/α,β-unsaturated/α-hetero) is 1. The van der Waals surface area contributed by atoms with Gasteiger partial charge in [0.25, 0.3) is 0 Å². The summed E-state index contributed by atoms with van der Waals surface area (Å²) in [5, 5.41) is 0.810. The smallest absolute Gasteiger partial charge is 0.174 e. The van der Waals surface area contributed by atoms with E-state index in [1.165, 1.54) is 0 Å². The maximum Gasteiger partial charge on any atom is 0.174 e. The van der Waals surface area contributed by atoms with Crippen LogP contribution in [0.4, 0.5) is 5.69 Å². The number of hydrogen-bond acceptors (Lipinski definition) is 2. The average molecular weight is 307 g/mol. The molecule has 1 aromatic carbocycles.